The highest BCUT2D eigenvalue weighted by Crippen LogP contribution is 2.57. The summed E-state index contributed by atoms with van der Waals surface area (Å²) in [5.41, 5.74) is 6.31. The molecule has 3 aliphatic carbocycles. The van der Waals surface area contributed by atoms with Crippen LogP contribution in [0, 0.1) is 23.7 Å². The van der Waals surface area contributed by atoms with Crippen LogP contribution in [0.3, 0.4) is 0 Å². The lowest BCUT2D eigenvalue weighted by Gasteiger charge is -2.10. The number of nitrogens with two attached hydrogens (primary N) is 1. The van der Waals surface area contributed by atoms with Gasteiger partial charge in [-0.05, 0) is 49.4 Å². The summed E-state index contributed by atoms with van der Waals surface area (Å²) >= 11 is 0. The van der Waals surface area contributed by atoms with Gasteiger partial charge in [-0.3, -0.25) is 0 Å². The summed E-state index contributed by atoms with van der Waals surface area (Å²) in [6.07, 6.45) is 11.7. The molecule has 0 aliphatic heterocycles. The Morgan fingerprint density at radius 2 is 1.64 bits per heavy atom. The first-order valence-electron chi connectivity index (χ1n) is 6.62. The van der Waals surface area contributed by atoms with E-state index in [1.807, 2.05) is 0 Å². The molecule has 3 unspecified atom stereocenters. The van der Waals surface area contributed by atoms with Gasteiger partial charge < -0.3 is 5.73 Å². The van der Waals surface area contributed by atoms with Gasteiger partial charge in [-0.15, -0.1) is 0 Å². The van der Waals surface area contributed by atoms with Gasteiger partial charge in [0.1, 0.15) is 0 Å². The molecule has 1 nitrogen and oxygen atoms in total. The molecule has 3 aliphatic rings. The van der Waals surface area contributed by atoms with Crippen molar-refractivity contribution in [3.63, 3.8) is 0 Å². The van der Waals surface area contributed by atoms with Gasteiger partial charge in [-0.2, -0.15) is 0 Å². The van der Waals surface area contributed by atoms with Crippen LogP contribution in [0.4, 0.5) is 0 Å². The van der Waals surface area contributed by atoms with E-state index in [4.69, 9.17) is 5.73 Å². The number of hydrogen-bond donors (Lipinski definition) is 1. The SMILES string of the molecule is NC(CCC1CC1)C1C2CCCCC21. The molecular formula is C13H23N. The van der Waals surface area contributed by atoms with Crippen molar-refractivity contribution in [1.29, 1.82) is 0 Å². The fourth-order valence-electron chi connectivity index (χ4n) is 3.71. The van der Waals surface area contributed by atoms with Gasteiger partial charge in [0, 0.05) is 6.04 Å². The zero-order valence-electron chi connectivity index (χ0n) is 9.12. The molecule has 14 heavy (non-hydrogen) atoms. The van der Waals surface area contributed by atoms with E-state index in [0.717, 1.165) is 23.7 Å². The highest BCUT2D eigenvalue weighted by molar-refractivity contribution is 5.03. The van der Waals surface area contributed by atoms with E-state index in [0.29, 0.717) is 6.04 Å². The van der Waals surface area contributed by atoms with E-state index in [1.54, 1.807) is 0 Å². The molecule has 80 valence electrons. The lowest BCUT2D eigenvalue weighted by atomic mass is 10.0. The highest BCUT2D eigenvalue weighted by atomic mass is 14.7. The van der Waals surface area contributed by atoms with Crippen LogP contribution in [-0.4, -0.2) is 6.04 Å². The van der Waals surface area contributed by atoms with Gasteiger partial charge in [-0.25, -0.2) is 0 Å². The maximum Gasteiger partial charge on any atom is 0.00727 e. The molecule has 1 heteroatoms. The molecule has 0 aromatic rings. The fraction of sp³-hybridized carbons (Fsp3) is 1.00. The third-order valence-electron chi connectivity index (χ3n) is 4.82. The van der Waals surface area contributed by atoms with Crippen molar-refractivity contribution >= 4 is 0 Å². The number of fused-ring (bicyclic) bond motifs is 1. The van der Waals surface area contributed by atoms with Crippen molar-refractivity contribution in [2.75, 3.05) is 0 Å². The van der Waals surface area contributed by atoms with E-state index in [1.165, 1.54) is 51.4 Å². The molecule has 3 fully saturated rings. The lowest BCUT2D eigenvalue weighted by Crippen LogP contribution is -2.24. The predicted octanol–water partition coefficient (Wildman–Crippen LogP) is 2.94. The Bertz CT molecular complexity index is 197. The number of hydrogen-bond acceptors (Lipinski definition) is 1. The van der Waals surface area contributed by atoms with E-state index < -0.39 is 0 Å². The van der Waals surface area contributed by atoms with Crippen molar-refractivity contribution < 1.29 is 0 Å². The molecule has 0 amide bonds. The monoisotopic (exact) mass is 193 g/mol. The number of rotatable bonds is 4. The molecule has 0 saturated heterocycles. The van der Waals surface area contributed by atoms with Crippen molar-refractivity contribution in [3.8, 4) is 0 Å². The zero-order valence-corrected chi connectivity index (χ0v) is 9.12. The van der Waals surface area contributed by atoms with Crippen molar-refractivity contribution in [1.82, 2.24) is 0 Å². The van der Waals surface area contributed by atoms with E-state index >= 15 is 0 Å². The average Bonchev–Trinajstić information content (AvgIpc) is 3.09. The maximum absolute atomic E-state index is 6.31. The minimum absolute atomic E-state index is 0.559. The van der Waals surface area contributed by atoms with Gasteiger partial charge >= 0.3 is 0 Å². The zero-order chi connectivity index (χ0) is 9.54. The Morgan fingerprint density at radius 1 is 1.00 bits per heavy atom. The third-order valence-corrected chi connectivity index (χ3v) is 4.82. The molecule has 0 bridgehead atoms. The summed E-state index contributed by atoms with van der Waals surface area (Å²) in [5, 5.41) is 0. The van der Waals surface area contributed by atoms with Crippen LogP contribution in [0.15, 0.2) is 0 Å². The standard InChI is InChI=1S/C13H23N/c14-12(8-7-9-5-6-9)13-10-3-1-2-4-11(10)13/h9-13H,1-8,14H2. The second kappa shape index (κ2) is 3.52. The third kappa shape index (κ3) is 1.71. The molecule has 0 radical (unpaired) electrons. The normalized spacial score (nSPS) is 43.1. The minimum atomic E-state index is 0.559. The van der Waals surface area contributed by atoms with Crippen LogP contribution in [-0.2, 0) is 0 Å². The topological polar surface area (TPSA) is 26.0 Å². The van der Waals surface area contributed by atoms with Crippen LogP contribution < -0.4 is 5.73 Å². The van der Waals surface area contributed by atoms with E-state index in [9.17, 15) is 0 Å². The highest BCUT2D eigenvalue weighted by Gasteiger charge is 2.52. The summed E-state index contributed by atoms with van der Waals surface area (Å²) in [6, 6.07) is 0.559. The molecule has 3 saturated carbocycles. The van der Waals surface area contributed by atoms with Crippen LogP contribution in [0.25, 0.3) is 0 Å². The smallest absolute Gasteiger partial charge is 0.00727 e. The molecule has 0 aromatic heterocycles. The first-order valence-corrected chi connectivity index (χ1v) is 6.62. The van der Waals surface area contributed by atoms with Gasteiger partial charge in [0.25, 0.3) is 0 Å². The Morgan fingerprint density at radius 3 is 2.21 bits per heavy atom. The summed E-state index contributed by atoms with van der Waals surface area (Å²) in [6.45, 7) is 0. The summed E-state index contributed by atoms with van der Waals surface area (Å²) in [5.74, 6) is 4.12. The molecule has 3 rings (SSSR count). The van der Waals surface area contributed by atoms with E-state index in [-0.39, 0.29) is 0 Å². The van der Waals surface area contributed by atoms with Crippen LogP contribution in [0.1, 0.15) is 51.4 Å². The fourth-order valence-corrected chi connectivity index (χ4v) is 3.71. The van der Waals surface area contributed by atoms with Crippen LogP contribution in [0.5, 0.6) is 0 Å². The summed E-state index contributed by atoms with van der Waals surface area (Å²) < 4.78 is 0. The lowest BCUT2D eigenvalue weighted by molar-refractivity contribution is 0.473. The molecule has 3 atom stereocenters. The Kier molecular flexibility index (Phi) is 2.31. The van der Waals surface area contributed by atoms with Crippen molar-refractivity contribution in [2.45, 2.75) is 57.4 Å². The van der Waals surface area contributed by atoms with Gasteiger partial charge in [-0.1, -0.05) is 25.7 Å². The first-order chi connectivity index (χ1) is 6.86. The molecule has 0 heterocycles. The predicted molar refractivity (Wildman–Crippen MR) is 58.9 cm³/mol. The molecular weight excluding hydrogens is 170 g/mol. The van der Waals surface area contributed by atoms with Crippen LogP contribution >= 0.6 is 0 Å². The van der Waals surface area contributed by atoms with E-state index in [2.05, 4.69) is 0 Å². The van der Waals surface area contributed by atoms with Gasteiger partial charge in [0.2, 0.25) is 0 Å². The quantitative estimate of drug-likeness (QED) is 0.730. The maximum atomic E-state index is 6.31. The Hall–Kier alpha value is -0.0400. The second-order valence-electron chi connectivity index (χ2n) is 5.87. The first kappa shape index (κ1) is 9.21. The minimum Gasteiger partial charge on any atom is -0.327 e. The average molecular weight is 193 g/mol. The van der Waals surface area contributed by atoms with Crippen molar-refractivity contribution in [2.24, 2.45) is 29.4 Å². The Labute approximate surface area is 87.4 Å². The Balaban J connectivity index is 1.45. The summed E-state index contributed by atoms with van der Waals surface area (Å²) in [4.78, 5) is 0. The molecule has 0 aromatic carbocycles. The summed E-state index contributed by atoms with van der Waals surface area (Å²) in [7, 11) is 0. The van der Waals surface area contributed by atoms with Gasteiger partial charge in [0.05, 0.1) is 0 Å². The van der Waals surface area contributed by atoms with Crippen LogP contribution in [0.2, 0.25) is 0 Å². The molecule has 2 N–H and O–H groups in total. The van der Waals surface area contributed by atoms with Crippen molar-refractivity contribution in [3.05, 3.63) is 0 Å². The van der Waals surface area contributed by atoms with Gasteiger partial charge in [0.15, 0.2) is 0 Å². The molecule has 0 spiro atoms. The largest absolute Gasteiger partial charge is 0.327 e. The second-order valence-corrected chi connectivity index (χ2v) is 5.87.